The lowest BCUT2D eigenvalue weighted by Crippen LogP contribution is -2.26. The first-order valence-corrected chi connectivity index (χ1v) is 5.67. The number of aliphatic hydroxyl groups excluding tert-OH is 1. The van der Waals surface area contributed by atoms with Gasteiger partial charge in [-0.2, -0.15) is 5.10 Å². The first-order chi connectivity index (χ1) is 6.97. The molecule has 0 aliphatic heterocycles. The van der Waals surface area contributed by atoms with Crippen molar-refractivity contribution in [3.05, 3.63) is 18.0 Å². The first-order valence-electron chi connectivity index (χ1n) is 5.67. The fourth-order valence-corrected chi connectivity index (χ4v) is 2.14. The highest BCUT2D eigenvalue weighted by atomic mass is 16.3. The third kappa shape index (κ3) is 3.06. The van der Waals surface area contributed by atoms with E-state index < -0.39 is 0 Å². The van der Waals surface area contributed by atoms with Gasteiger partial charge in [-0.3, -0.25) is 4.68 Å². The molecule has 3 heteroatoms. The molecule has 1 aromatic heterocycles. The van der Waals surface area contributed by atoms with Crippen LogP contribution in [0.4, 0.5) is 0 Å². The molecule has 1 N–H and O–H groups in total. The molecule has 1 aromatic rings. The SMILES string of the molecule is CCCn1nccc1C(C)(C)CC(C)O. The van der Waals surface area contributed by atoms with E-state index in [0.29, 0.717) is 0 Å². The van der Waals surface area contributed by atoms with Gasteiger partial charge in [-0.1, -0.05) is 20.8 Å². The first kappa shape index (κ1) is 12.2. The number of hydrogen-bond donors (Lipinski definition) is 1. The van der Waals surface area contributed by atoms with E-state index in [0.717, 1.165) is 19.4 Å². The molecule has 0 amide bonds. The summed E-state index contributed by atoms with van der Waals surface area (Å²) in [6.07, 6.45) is 3.42. The molecule has 1 atom stereocenters. The van der Waals surface area contributed by atoms with E-state index in [1.165, 1.54) is 5.69 Å². The molecule has 0 aromatic carbocycles. The van der Waals surface area contributed by atoms with Crippen molar-refractivity contribution < 1.29 is 5.11 Å². The van der Waals surface area contributed by atoms with Crippen molar-refractivity contribution in [1.29, 1.82) is 0 Å². The second kappa shape index (κ2) is 4.79. The van der Waals surface area contributed by atoms with Gasteiger partial charge in [0.2, 0.25) is 0 Å². The standard InChI is InChI=1S/C12H22N2O/c1-5-8-14-11(6-7-13-14)12(3,4)9-10(2)15/h6-7,10,15H,5,8-9H2,1-4H3. The van der Waals surface area contributed by atoms with Gasteiger partial charge in [-0.05, 0) is 25.8 Å². The van der Waals surface area contributed by atoms with E-state index in [1.54, 1.807) is 0 Å². The van der Waals surface area contributed by atoms with Crippen molar-refractivity contribution in [3.8, 4) is 0 Å². The number of aliphatic hydroxyl groups is 1. The summed E-state index contributed by atoms with van der Waals surface area (Å²) in [5.41, 5.74) is 1.20. The molecule has 0 saturated heterocycles. The van der Waals surface area contributed by atoms with E-state index in [-0.39, 0.29) is 11.5 Å². The smallest absolute Gasteiger partial charge is 0.0521 e. The van der Waals surface area contributed by atoms with Gasteiger partial charge in [0.05, 0.1) is 6.10 Å². The quantitative estimate of drug-likeness (QED) is 0.810. The highest BCUT2D eigenvalue weighted by Gasteiger charge is 2.26. The third-order valence-corrected chi connectivity index (χ3v) is 2.65. The minimum Gasteiger partial charge on any atom is -0.393 e. The zero-order valence-electron chi connectivity index (χ0n) is 10.2. The molecule has 0 aliphatic carbocycles. The summed E-state index contributed by atoms with van der Waals surface area (Å²) in [6, 6.07) is 2.05. The molecule has 1 unspecified atom stereocenters. The predicted molar refractivity (Wildman–Crippen MR) is 61.8 cm³/mol. The van der Waals surface area contributed by atoms with Crippen LogP contribution in [0.1, 0.15) is 46.2 Å². The van der Waals surface area contributed by atoms with Crippen LogP contribution in [-0.4, -0.2) is 21.0 Å². The summed E-state index contributed by atoms with van der Waals surface area (Å²) in [4.78, 5) is 0. The van der Waals surface area contributed by atoms with Crippen molar-refractivity contribution in [1.82, 2.24) is 9.78 Å². The average Bonchev–Trinajstić information content (AvgIpc) is 2.51. The molecule has 1 heterocycles. The highest BCUT2D eigenvalue weighted by molar-refractivity contribution is 5.13. The molecule has 0 spiro atoms. The Balaban J connectivity index is 2.88. The Morgan fingerprint density at radius 3 is 2.73 bits per heavy atom. The molecule has 0 bridgehead atoms. The van der Waals surface area contributed by atoms with Crippen LogP contribution in [0.2, 0.25) is 0 Å². The molecular weight excluding hydrogens is 188 g/mol. The topological polar surface area (TPSA) is 38.0 Å². The van der Waals surface area contributed by atoms with Gasteiger partial charge < -0.3 is 5.11 Å². The maximum absolute atomic E-state index is 9.48. The third-order valence-electron chi connectivity index (χ3n) is 2.65. The fraction of sp³-hybridized carbons (Fsp3) is 0.750. The van der Waals surface area contributed by atoms with Crippen LogP contribution in [0.5, 0.6) is 0 Å². The number of rotatable bonds is 5. The molecular formula is C12H22N2O. The summed E-state index contributed by atoms with van der Waals surface area (Å²) >= 11 is 0. The average molecular weight is 210 g/mol. The Labute approximate surface area is 92.1 Å². The van der Waals surface area contributed by atoms with Crippen LogP contribution >= 0.6 is 0 Å². The minimum absolute atomic E-state index is 0.0141. The van der Waals surface area contributed by atoms with E-state index in [2.05, 4.69) is 31.9 Å². The van der Waals surface area contributed by atoms with Crippen molar-refractivity contribution >= 4 is 0 Å². The summed E-state index contributed by atoms with van der Waals surface area (Å²) < 4.78 is 2.04. The molecule has 0 radical (unpaired) electrons. The predicted octanol–water partition coefficient (Wildman–Crippen LogP) is 2.34. The Bertz CT molecular complexity index is 302. The highest BCUT2D eigenvalue weighted by Crippen LogP contribution is 2.28. The van der Waals surface area contributed by atoms with E-state index in [1.807, 2.05) is 17.8 Å². The second-order valence-electron chi connectivity index (χ2n) is 4.88. The zero-order chi connectivity index (χ0) is 11.5. The maximum atomic E-state index is 9.48. The fourth-order valence-electron chi connectivity index (χ4n) is 2.14. The lowest BCUT2D eigenvalue weighted by molar-refractivity contribution is 0.154. The summed E-state index contributed by atoms with van der Waals surface area (Å²) in [7, 11) is 0. The Morgan fingerprint density at radius 2 is 2.20 bits per heavy atom. The largest absolute Gasteiger partial charge is 0.393 e. The van der Waals surface area contributed by atoms with Crippen LogP contribution < -0.4 is 0 Å². The molecule has 1 rings (SSSR count). The zero-order valence-corrected chi connectivity index (χ0v) is 10.2. The monoisotopic (exact) mass is 210 g/mol. The molecule has 86 valence electrons. The van der Waals surface area contributed by atoms with E-state index >= 15 is 0 Å². The van der Waals surface area contributed by atoms with Crippen LogP contribution in [0.15, 0.2) is 12.3 Å². The number of hydrogen-bond acceptors (Lipinski definition) is 2. The number of aromatic nitrogens is 2. The van der Waals surface area contributed by atoms with Crippen LogP contribution in [0.3, 0.4) is 0 Å². The van der Waals surface area contributed by atoms with Gasteiger partial charge in [-0.25, -0.2) is 0 Å². The van der Waals surface area contributed by atoms with Crippen molar-refractivity contribution in [3.63, 3.8) is 0 Å². The van der Waals surface area contributed by atoms with Crippen molar-refractivity contribution in [2.45, 2.75) is 58.6 Å². The van der Waals surface area contributed by atoms with Crippen molar-refractivity contribution in [2.24, 2.45) is 0 Å². The Hall–Kier alpha value is -0.830. The van der Waals surface area contributed by atoms with Gasteiger partial charge in [0.1, 0.15) is 0 Å². The number of nitrogens with zero attached hydrogens (tertiary/aromatic N) is 2. The Morgan fingerprint density at radius 1 is 1.53 bits per heavy atom. The van der Waals surface area contributed by atoms with E-state index in [9.17, 15) is 5.11 Å². The maximum Gasteiger partial charge on any atom is 0.0521 e. The molecule has 3 nitrogen and oxygen atoms in total. The molecule has 0 fully saturated rings. The van der Waals surface area contributed by atoms with Gasteiger partial charge in [-0.15, -0.1) is 0 Å². The molecule has 0 aliphatic rings. The van der Waals surface area contributed by atoms with Gasteiger partial charge in [0.25, 0.3) is 0 Å². The minimum atomic E-state index is -0.273. The Kier molecular flexibility index (Phi) is 3.91. The van der Waals surface area contributed by atoms with Crippen LogP contribution in [0.25, 0.3) is 0 Å². The van der Waals surface area contributed by atoms with Gasteiger partial charge >= 0.3 is 0 Å². The van der Waals surface area contributed by atoms with Gasteiger partial charge in [0, 0.05) is 23.9 Å². The van der Waals surface area contributed by atoms with E-state index in [4.69, 9.17) is 0 Å². The second-order valence-corrected chi connectivity index (χ2v) is 4.88. The van der Waals surface area contributed by atoms with Crippen LogP contribution in [-0.2, 0) is 12.0 Å². The van der Waals surface area contributed by atoms with Crippen LogP contribution in [0, 0.1) is 0 Å². The lowest BCUT2D eigenvalue weighted by atomic mass is 9.83. The lowest BCUT2D eigenvalue weighted by Gasteiger charge is -2.27. The summed E-state index contributed by atoms with van der Waals surface area (Å²) in [5.74, 6) is 0. The van der Waals surface area contributed by atoms with Crippen molar-refractivity contribution in [2.75, 3.05) is 0 Å². The van der Waals surface area contributed by atoms with Gasteiger partial charge in [0.15, 0.2) is 0 Å². The summed E-state index contributed by atoms with van der Waals surface area (Å²) in [5, 5.41) is 13.8. The summed E-state index contributed by atoms with van der Waals surface area (Å²) in [6.45, 7) is 9.24. The molecule has 0 saturated carbocycles. The molecule has 15 heavy (non-hydrogen) atoms. The normalized spacial score (nSPS) is 14.2. The number of aryl methyl sites for hydroxylation is 1.